The molecule has 3 aromatic heterocycles. The Kier molecular flexibility index (Phi) is 3.87. The van der Waals surface area contributed by atoms with Gasteiger partial charge < -0.3 is 4.74 Å². The first-order valence-electron chi connectivity index (χ1n) is 6.96. The number of ether oxygens (including phenoxy) is 1. The van der Waals surface area contributed by atoms with Crippen molar-refractivity contribution in [3.63, 3.8) is 0 Å². The van der Waals surface area contributed by atoms with Crippen molar-refractivity contribution in [2.45, 2.75) is 6.61 Å². The zero-order valence-electron chi connectivity index (χ0n) is 12.0. The summed E-state index contributed by atoms with van der Waals surface area (Å²) in [6.45, 7) is 0.424. The van der Waals surface area contributed by atoms with Crippen LogP contribution in [0.3, 0.4) is 0 Å². The second-order valence-electron chi connectivity index (χ2n) is 4.74. The van der Waals surface area contributed by atoms with Gasteiger partial charge in [-0.3, -0.25) is 5.10 Å². The van der Waals surface area contributed by atoms with Crippen molar-refractivity contribution in [2.24, 2.45) is 0 Å². The van der Waals surface area contributed by atoms with Gasteiger partial charge in [-0.2, -0.15) is 5.10 Å². The van der Waals surface area contributed by atoms with E-state index in [1.807, 2.05) is 35.7 Å². The monoisotopic (exact) mass is 340 g/mol. The predicted octanol–water partition coefficient (Wildman–Crippen LogP) is 4.24. The zero-order valence-corrected chi connectivity index (χ0v) is 13.6. The maximum absolute atomic E-state index is 5.94. The quantitative estimate of drug-likeness (QED) is 0.590. The molecule has 0 amide bonds. The molecule has 1 aromatic carbocycles. The molecule has 0 bridgehead atoms. The van der Waals surface area contributed by atoms with Crippen LogP contribution in [0.4, 0.5) is 0 Å². The van der Waals surface area contributed by atoms with Crippen molar-refractivity contribution in [1.29, 1.82) is 0 Å². The highest BCUT2D eigenvalue weighted by atomic mass is 32.1. The number of nitrogens with zero attached hydrogens (tertiary/aromatic N) is 3. The summed E-state index contributed by atoms with van der Waals surface area (Å²) >= 11 is 3.33. The molecule has 0 unspecified atom stereocenters. The number of thiophene rings is 1. The lowest BCUT2D eigenvalue weighted by molar-refractivity contribution is 0.303. The maximum Gasteiger partial charge on any atom is 0.159 e. The van der Waals surface area contributed by atoms with Gasteiger partial charge in [0.25, 0.3) is 0 Å². The Hall–Kier alpha value is -2.51. The Labute approximate surface area is 140 Å². The van der Waals surface area contributed by atoms with Crippen molar-refractivity contribution in [3.8, 4) is 27.0 Å². The standard InChI is InChI=1S/C16H12N4OS2/c1-2-5-13(12(4-1)15-17-10-18-20-15)21-8-11-9-23-16(19-11)14-6-3-7-22-14/h1-7,9-10H,8H2,(H,17,18,20). The summed E-state index contributed by atoms with van der Waals surface area (Å²) < 4.78 is 5.94. The fourth-order valence-corrected chi connectivity index (χ4v) is 3.78. The summed E-state index contributed by atoms with van der Waals surface area (Å²) in [5.74, 6) is 1.45. The Morgan fingerprint density at radius 3 is 2.87 bits per heavy atom. The number of rotatable bonds is 5. The Balaban J connectivity index is 1.52. The molecular weight excluding hydrogens is 328 g/mol. The molecular formula is C16H12N4OS2. The first-order valence-corrected chi connectivity index (χ1v) is 8.72. The van der Waals surface area contributed by atoms with Crippen LogP contribution in [0.15, 0.2) is 53.5 Å². The molecule has 4 rings (SSSR count). The van der Waals surface area contributed by atoms with E-state index < -0.39 is 0 Å². The van der Waals surface area contributed by atoms with E-state index >= 15 is 0 Å². The normalized spacial score (nSPS) is 10.8. The summed E-state index contributed by atoms with van der Waals surface area (Å²) in [4.78, 5) is 9.99. The van der Waals surface area contributed by atoms with Gasteiger partial charge in [-0.15, -0.1) is 22.7 Å². The van der Waals surface area contributed by atoms with E-state index in [2.05, 4.69) is 31.6 Å². The molecule has 7 heteroatoms. The number of aromatic nitrogens is 4. The summed E-state index contributed by atoms with van der Waals surface area (Å²) in [5.41, 5.74) is 1.81. The topological polar surface area (TPSA) is 63.7 Å². The van der Waals surface area contributed by atoms with Crippen LogP contribution < -0.4 is 4.74 Å². The smallest absolute Gasteiger partial charge is 0.159 e. The number of nitrogens with one attached hydrogen (secondary N) is 1. The molecule has 23 heavy (non-hydrogen) atoms. The van der Waals surface area contributed by atoms with E-state index in [9.17, 15) is 0 Å². The Morgan fingerprint density at radius 1 is 1.09 bits per heavy atom. The van der Waals surface area contributed by atoms with Crippen LogP contribution in [-0.2, 0) is 6.61 Å². The average molecular weight is 340 g/mol. The van der Waals surface area contributed by atoms with E-state index in [0.29, 0.717) is 12.4 Å². The summed E-state index contributed by atoms with van der Waals surface area (Å²) in [6.07, 6.45) is 1.49. The second kappa shape index (κ2) is 6.31. The molecule has 0 atom stereocenters. The lowest BCUT2D eigenvalue weighted by atomic mass is 10.2. The first kappa shape index (κ1) is 14.1. The van der Waals surface area contributed by atoms with Crippen molar-refractivity contribution in [1.82, 2.24) is 20.2 Å². The van der Waals surface area contributed by atoms with Gasteiger partial charge >= 0.3 is 0 Å². The highest BCUT2D eigenvalue weighted by Gasteiger charge is 2.10. The van der Waals surface area contributed by atoms with Gasteiger partial charge in [0, 0.05) is 5.38 Å². The molecule has 3 heterocycles. The maximum atomic E-state index is 5.94. The van der Waals surface area contributed by atoms with Crippen molar-refractivity contribution in [3.05, 3.63) is 59.2 Å². The first-order chi connectivity index (χ1) is 11.4. The Bertz CT molecular complexity index is 885. The lowest BCUT2D eigenvalue weighted by Gasteiger charge is -2.08. The number of hydrogen-bond donors (Lipinski definition) is 1. The lowest BCUT2D eigenvalue weighted by Crippen LogP contribution is -1.97. The van der Waals surface area contributed by atoms with Gasteiger partial charge in [0.15, 0.2) is 5.82 Å². The number of para-hydroxylation sites is 1. The highest BCUT2D eigenvalue weighted by molar-refractivity contribution is 7.20. The molecule has 0 saturated heterocycles. The van der Waals surface area contributed by atoms with E-state index in [-0.39, 0.29) is 0 Å². The minimum Gasteiger partial charge on any atom is -0.486 e. The molecule has 0 saturated carbocycles. The van der Waals surface area contributed by atoms with Gasteiger partial charge in [-0.1, -0.05) is 18.2 Å². The number of thiazole rings is 1. The average Bonchev–Trinajstić information content (AvgIpc) is 3.35. The third-order valence-electron chi connectivity index (χ3n) is 3.22. The molecule has 1 N–H and O–H groups in total. The number of benzene rings is 1. The second-order valence-corrected chi connectivity index (χ2v) is 6.55. The van der Waals surface area contributed by atoms with E-state index in [4.69, 9.17) is 4.74 Å². The van der Waals surface area contributed by atoms with E-state index in [1.54, 1.807) is 22.7 Å². The van der Waals surface area contributed by atoms with Crippen LogP contribution in [0.1, 0.15) is 5.69 Å². The van der Waals surface area contributed by atoms with Crippen molar-refractivity contribution < 1.29 is 4.74 Å². The number of hydrogen-bond acceptors (Lipinski definition) is 6. The van der Waals surface area contributed by atoms with Gasteiger partial charge in [0.05, 0.1) is 16.1 Å². The molecule has 5 nitrogen and oxygen atoms in total. The van der Waals surface area contributed by atoms with Crippen LogP contribution in [-0.4, -0.2) is 20.2 Å². The molecule has 0 aliphatic carbocycles. The molecule has 0 radical (unpaired) electrons. The molecule has 0 spiro atoms. The summed E-state index contributed by atoms with van der Waals surface area (Å²) in [6, 6.07) is 11.9. The molecule has 0 aliphatic rings. The predicted molar refractivity (Wildman–Crippen MR) is 91.6 cm³/mol. The minimum atomic E-state index is 0.424. The number of H-pyrrole nitrogens is 1. The van der Waals surface area contributed by atoms with Crippen LogP contribution in [0.5, 0.6) is 5.75 Å². The van der Waals surface area contributed by atoms with Crippen LogP contribution in [0.2, 0.25) is 0 Å². The van der Waals surface area contributed by atoms with Crippen LogP contribution in [0, 0.1) is 0 Å². The minimum absolute atomic E-state index is 0.424. The zero-order chi connectivity index (χ0) is 15.5. The van der Waals surface area contributed by atoms with Crippen LogP contribution in [0.25, 0.3) is 21.3 Å². The highest BCUT2D eigenvalue weighted by Crippen LogP contribution is 2.30. The third kappa shape index (κ3) is 3.01. The van der Waals surface area contributed by atoms with Gasteiger partial charge in [0.2, 0.25) is 0 Å². The van der Waals surface area contributed by atoms with Crippen LogP contribution >= 0.6 is 22.7 Å². The largest absolute Gasteiger partial charge is 0.486 e. The van der Waals surface area contributed by atoms with Gasteiger partial charge in [-0.25, -0.2) is 9.97 Å². The van der Waals surface area contributed by atoms with Crippen molar-refractivity contribution in [2.75, 3.05) is 0 Å². The van der Waals surface area contributed by atoms with E-state index in [1.165, 1.54) is 11.2 Å². The molecule has 114 valence electrons. The third-order valence-corrected chi connectivity index (χ3v) is 5.15. The Morgan fingerprint density at radius 2 is 2.04 bits per heavy atom. The summed E-state index contributed by atoms with van der Waals surface area (Å²) in [5, 5.41) is 11.9. The van der Waals surface area contributed by atoms with Gasteiger partial charge in [-0.05, 0) is 23.6 Å². The number of aromatic amines is 1. The summed E-state index contributed by atoms with van der Waals surface area (Å²) in [7, 11) is 0. The fraction of sp³-hybridized carbons (Fsp3) is 0.0625. The molecule has 0 fully saturated rings. The van der Waals surface area contributed by atoms with Crippen molar-refractivity contribution >= 4 is 22.7 Å². The van der Waals surface area contributed by atoms with Gasteiger partial charge in [0.1, 0.15) is 23.7 Å². The molecule has 0 aliphatic heterocycles. The fourth-order valence-electron chi connectivity index (χ4n) is 2.16. The van der Waals surface area contributed by atoms with E-state index in [0.717, 1.165) is 22.0 Å². The SMILES string of the molecule is c1csc(-c2nc(COc3ccccc3-c3ncn[nH]3)cs2)c1. The molecule has 4 aromatic rings.